The number of aromatic hydroxyl groups is 1. The van der Waals surface area contributed by atoms with Crippen molar-refractivity contribution < 1.29 is 9.84 Å². The van der Waals surface area contributed by atoms with Crippen molar-refractivity contribution in [3.8, 4) is 34.1 Å². The Morgan fingerprint density at radius 3 is 2.43 bits per heavy atom. The number of phenolic OH excluding ortho intramolecular Hbond substituents is 1. The summed E-state index contributed by atoms with van der Waals surface area (Å²) in [7, 11) is 3.67. The molecule has 2 saturated heterocycles. The lowest BCUT2D eigenvalue weighted by Crippen LogP contribution is -2.66. The maximum Gasteiger partial charge on any atom is 0.185 e. The van der Waals surface area contributed by atoms with Gasteiger partial charge in [-0.25, -0.2) is 4.98 Å². The molecule has 2 aliphatic heterocycles. The van der Waals surface area contributed by atoms with Gasteiger partial charge in [0.1, 0.15) is 17.2 Å². The summed E-state index contributed by atoms with van der Waals surface area (Å²) in [5.74, 6) is 1.81. The summed E-state index contributed by atoms with van der Waals surface area (Å²) in [5, 5.41) is 31.8. The molecule has 0 spiro atoms. The molecular weight excluding hydrogens is 442 g/mol. The molecule has 4 heterocycles. The number of phenols is 1. The van der Waals surface area contributed by atoms with Crippen molar-refractivity contribution in [2.24, 2.45) is 0 Å². The van der Waals surface area contributed by atoms with Gasteiger partial charge in [0.2, 0.25) is 0 Å². The Morgan fingerprint density at radius 1 is 1.06 bits per heavy atom. The number of aromatic nitrogens is 5. The minimum absolute atomic E-state index is 0.0544. The van der Waals surface area contributed by atoms with Crippen molar-refractivity contribution in [1.29, 1.82) is 0 Å². The summed E-state index contributed by atoms with van der Waals surface area (Å²) in [4.78, 5) is 6.74. The smallest absolute Gasteiger partial charge is 0.185 e. The van der Waals surface area contributed by atoms with Crippen LogP contribution in [-0.2, 0) is 0 Å². The summed E-state index contributed by atoms with van der Waals surface area (Å²) < 4.78 is 5.34. The highest BCUT2D eigenvalue weighted by molar-refractivity contribution is 5.71. The Bertz CT molecular complexity index is 1220. The molecular formula is C26H33N7O2. The molecule has 3 aromatic rings. The molecule has 1 unspecified atom stereocenters. The molecule has 2 bridgehead atoms. The standard InChI is InChI=1S/C26H33N7O2/c1-16-22(35-5)12-20(29-28-16)17-7-8-19(21(34)11-17)24-27-15-23(30-31-24)33(4)18-13-25(2)9-6-10-26(3,14-18)32-25/h7-8,11-12,15,18,32,34H,6,9-10,13-14H2,1-5H3/t18?,25-,26+. The number of methoxy groups -OCH3 is 1. The van der Waals surface area contributed by atoms with Crippen molar-refractivity contribution in [2.75, 3.05) is 19.1 Å². The largest absolute Gasteiger partial charge is 0.507 e. The number of benzene rings is 1. The van der Waals surface area contributed by atoms with Crippen LogP contribution >= 0.6 is 0 Å². The highest BCUT2D eigenvalue weighted by Gasteiger charge is 2.46. The van der Waals surface area contributed by atoms with E-state index in [1.165, 1.54) is 19.3 Å². The number of hydrogen-bond acceptors (Lipinski definition) is 9. The molecule has 0 saturated carbocycles. The van der Waals surface area contributed by atoms with Crippen LogP contribution in [0, 0.1) is 6.92 Å². The first-order valence-electron chi connectivity index (χ1n) is 12.1. The number of hydrogen-bond donors (Lipinski definition) is 2. The van der Waals surface area contributed by atoms with E-state index in [1.54, 1.807) is 31.5 Å². The maximum atomic E-state index is 10.7. The first-order chi connectivity index (χ1) is 16.7. The molecule has 0 amide bonds. The van der Waals surface area contributed by atoms with Crippen molar-refractivity contribution >= 4 is 5.82 Å². The lowest BCUT2D eigenvalue weighted by atomic mass is 9.69. The summed E-state index contributed by atoms with van der Waals surface area (Å²) >= 11 is 0. The van der Waals surface area contributed by atoms with E-state index < -0.39 is 0 Å². The molecule has 1 aromatic carbocycles. The van der Waals surface area contributed by atoms with Gasteiger partial charge in [0.25, 0.3) is 0 Å². The second-order valence-electron chi connectivity index (χ2n) is 10.5. The van der Waals surface area contributed by atoms with Gasteiger partial charge in [-0.2, -0.15) is 5.10 Å². The van der Waals surface area contributed by atoms with E-state index >= 15 is 0 Å². The Hall–Kier alpha value is -3.33. The summed E-state index contributed by atoms with van der Waals surface area (Å²) in [6, 6.07) is 7.43. The van der Waals surface area contributed by atoms with Crippen molar-refractivity contribution in [2.45, 2.75) is 70.0 Å². The van der Waals surface area contributed by atoms with Crippen LogP contribution in [0.25, 0.3) is 22.6 Å². The topological polar surface area (TPSA) is 109 Å². The molecule has 0 aliphatic carbocycles. The molecule has 0 radical (unpaired) electrons. The van der Waals surface area contributed by atoms with E-state index in [-0.39, 0.29) is 16.8 Å². The van der Waals surface area contributed by atoms with E-state index in [4.69, 9.17) is 4.74 Å². The van der Waals surface area contributed by atoms with Crippen LogP contribution in [0.5, 0.6) is 11.5 Å². The van der Waals surface area contributed by atoms with Gasteiger partial charge in [-0.3, -0.25) is 0 Å². The first kappa shape index (κ1) is 23.4. The summed E-state index contributed by atoms with van der Waals surface area (Å²) in [6.07, 6.45) is 7.56. The fraction of sp³-hybridized carbons (Fsp3) is 0.500. The van der Waals surface area contributed by atoms with Crippen molar-refractivity contribution in [3.63, 3.8) is 0 Å². The van der Waals surface area contributed by atoms with Gasteiger partial charge >= 0.3 is 0 Å². The van der Waals surface area contributed by atoms with E-state index in [2.05, 4.69) is 56.5 Å². The molecule has 35 heavy (non-hydrogen) atoms. The lowest BCUT2D eigenvalue weighted by Gasteiger charge is -2.55. The van der Waals surface area contributed by atoms with Crippen LogP contribution < -0.4 is 15.0 Å². The van der Waals surface area contributed by atoms with Gasteiger partial charge in [0.15, 0.2) is 11.6 Å². The number of fused-ring (bicyclic) bond motifs is 2. The van der Waals surface area contributed by atoms with Gasteiger partial charge < -0.3 is 20.1 Å². The monoisotopic (exact) mass is 475 g/mol. The zero-order valence-corrected chi connectivity index (χ0v) is 21.0. The molecule has 2 N–H and O–H groups in total. The highest BCUT2D eigenvalue weighted by atomic mass is 16.5. The van der Waals surface area contributed by atoms with Gasteiger partial charge in [-0.05, 0) is 65.0 Å². The average molecular weight is 476 g/mol. The highest BCUT2D eigenvalue weighted by Crippen LogP contribution is 2.42. The molecule has 2 aliphatic rings. The van der Waals surface area contributed by atoms with Gasteiger partial charge in [0, 0.05) is 35.8 Å². The van der Waals surface area contributed by atoms with Gasteiger partial charge in [0.05, 0.1) is 24.6 Å². The Labute approximate surface area is 206 Å². The third-order valence-electron chi connectivity index (χ3n) is 7.58. The predicted molar refractivity (Wildman–Crippen MR) is 134 cm³/mol. The van der Waals surface area contributed by atoms with E-state index in [9.17, 15) is 5.11 Å². The lowest BCUT2D eigenvalue weighted by molar-refractivity contribution is 0.0784. The fourth-order valence-electron chi connectivity index (χ4n) is 5.82. The maximum absolute atomic E-state index is 10.7. The number of nitrogens with zero attached hydrogens (tertiary/aromatic N) is 6. The number of rotatable bonds is 5. The number of nitrogens with one attached hydrogen (secondary N) is 1. The predicted octanol–water partition coefficient (Wildman–Crippen LogP) is 3.91. The number of aryl methyl sites for hydroxylation is 1. The second-order valence-corrected chi connectivity index (χ2v) is 10.5. The van der Waals surface area contributed by atoms with Crippen LogP contribution in [0.15, 0.2) is 30.5 Å². The van der Waals surface area contributed by atoms with Gasteiger partial charge in [-0.1, -0.05) is 6.07 Å². The molecule has 9 heteroatoms. The van der Waals surface area contributed by atoms with Crippen LogP contribution in [0.1, 0.15) is 51.6 Å². The normalized spacial score (nSPS) is 25.8. The molecule has 3 atom stereocenters. The van der Waals surface area contributed by atoms with Crippen LogP contribution in [0.2, 0.25) is 0 Å². The Balaban J connectivity index is 1.35. The first-order valence-corrected chi connectivity index (χ1v) is 12.1. The molecule has 184 valence electrons. The summed E-state index contributed by atoms with van der Waals surface area (Å²) in [6.45, 7) is 6.50. The number of anilines is 1. The average Bonchev–Trinajstić information content (AvgIpc) is 2.82. The van der Waals surface area contributed by atoms with E-state index in [0.717, 1.165) is 24.2 Å². The zero-order valence-electron chi connectivity index (χ0n) is 21.0. The minimum atomic E-state index is 0.0544. The Kier molecular flexibility index (Phi) is 5.83. The van der Waals surface area contributed by atoms with Crippen LogP contribution in [0.3, 0.4) is 0 Å². The zero-order chi connectivity index (χ0) is 24.8. The molecule has 5 rings (SSSR count). The van der Waals surface area contributed by atoms with Crippen LogP contribution in [0.4, 0.5) is 5.82 Å². The summed E-state index contributed by atoms with van der Waals surface area (Å²) in [5.41, 5.74) is 2.87. The van der Waals surface area contributed by atoms with Crippen molar-refractivity contribution in [1.82, 2.24) is 30.7 Å². The van der Waals surface area contributed by atoms with E-state index in [1.807, 2.05) is 13.0 Å². The van der Waals surface area contributed by atoms with E-state index in [0.29, 0.717) is 34.6 Å². The molecule has 9 nitrogen and oxygen atoms in total. The van der Waals surface area contributed by atoms with Crippen molar-refractivity contribution in [3.05, 3.63) is 36.2 Å². The number of ether oxygens (including phenoxy) is 1. The molecule has 2 fully saturated rings. The quantitative estimate of drug-likeness (QED) is 0.567. The SMILES string of the molecule is COc1cc(-c2ccc(-c3ncc(N(C)C4C[C@]5(C)CCC[C@](C)(C4)N5)nn3)c(O)c2)nnc1C. The third kappa shape index (κ3) is 4.52. The molecule has 2 aromatic heterocycles. The minimum Gasteiger partial charge on any atom is -0.507 e. The van der Waals surface area contributed by atoms with Gasteiger partial charge in [-0.15, -0.1) is 15.3 Å². The fourth-order valence-corrected chi connectivity index (χ4v) is 5.82. The van der Waals surface area contributed by atoms with Crippen LogP contribution in [-0.4, -0.2) is 61.8 Å². The second kappa shape index (κ2) is 8.71. The third-order valence-corrected chi connectivity index (χ3v) is 7.58. The Morgan fingerprint density at radius 2 is 1.80 bits per heavy atom. The number of piperidine rings is 2.